The maximum Gasteiger partial charge on any atom is 0.411 e. The van der Waals surface area contributed by atoms with Gasteiger partial charge in [-0.25, -0.2) is 4.79 Å². The molecule has 3 rings (SSSR count). The van der Waals surface area contributed by atoms with E-state index in [0.717, 1.165) is 22.3 Å². The van der Waals surface area contributed by atoms with Crippen LogP contribution in [0.1, 0.15) is 41.5 Å². The van der Waals surface area contributed by atoms with Crippen molar-refractivity contribution in [1.82, 2.24) is 0 Å². The monoisotopic (exact) mass is 387 g/mol. The number of benzene rings is 3. The lowest BCUT2D eigenvalue weighted by Crippen LogP contribution is -2.17. The van der Waals surface area contributed by atoms with Gasteiger partial charge < -0.3 is 4.74 Å². The molecule has 0 aliphatic carbocycles. The van der Waals surface area contributed by atoms with Gasteiger partial charge in [-0.1, -0.05) is 78.4 Å². The molecule has 0 heterocycles. The summed E-state index contributed by atoms with van der Waals surface area (Å²) in [4.78, 5) is 24.4. The molecule has 0 bridgehead atoms. The zero-order valence-electron chi connectivity index (χ0n) is 16.7. The number of amides is 1. The number of hydrogen-bond acceptors (Lipinski definition) is 3. The van der Waals surface area contributed by atoms with Crippen molar-refractivity contribution in [2.24, 2.45) is 0 Å². The highest BCUT2D eigenvalue weighted by Crippen LogP contribution is 2.34. The molecule has 4 heteroatoms. The SMILES string of the molecule is CC(=O)CC(c1ccccc1)c1cc(C)ccc1NC(=O)OCc1ccccc1. The standard InChI is InChI=1S/C25H25NO3/c1-18-13-14-24(26-25(28)29-17-20-9-5-3-6-10-20)23(15-18)22(16-19(2)27)21-11-7-4-8-12-21/h3-15,22H,16-17H2,1-2H3,(H,26,28). The first-order valence-electron chi connectivity index (χ1n) is 9.65. The highest BCUT2D eigenvalue weighted by atomic mass is 16.5. The first-order valence-corrected chi connectivity index (χ1v) is 9.65. The van der Waals surface area contributed by atoms with E-state index in [0.29, 0.717) is 12.1 Å². The second-order valence-electron chi connectivity index (χ2n) is 7.15. The Hall–Kier alpha value is -3.40. The fourth-order valence-corrected chi connectivity index (χ4v) is 3.33. The van der Waals surface area contributed by atoms with Crippen molar-refractivity contribution in [1.29, 1.82) is 0 Å². The van der Waals surface area contributed by atoms with E-state index in [9.17, 15) is 9.59 Å². The average Bonchev–Trinajstić information content (AvgIpc) is 2.73. The number of carbonyl (C=O) groups excluding carboxylic acids is 2. The molecule has 29 heavy (non-hydrogen) atoms. The topological polar surface area (TPSA) is 55.4 Å². The Balaban J connectivity index is 1.84. The number of ketones is 1. The van der Waals surface area contributed by atoms with Crippen molar-refractivity contribution < 1.29 is 14.3 Å². The van der Waals surface area contributed by atoms with Crippen LogP contribution in [-0.2, 0) is 16.1 Å². The van der Waals surface area contributed by atoms with E-state index < -0.39 is 6.09 Å². The highest BCUT2D eigenvalue weighted by molar-refractivity contribution is 5.86. The third kappa shape index (κ3) is 5.79. The molecular formula is C25H25NO3. The summed E-state index contributed by atoms with van der Waals surface area (Å²) in [6, 6.07) is 25.2. The van der Waals surface area contributed by atoms with Crippen molar-refractivity contribution in [3.63, 3.8) is 0 Å². The van der Waals surface area contributed by atoms with Crippen LogP contribution in [0.4, 0.5) is 10.5 Å². The molecule has 1 atom stereocenters. The number of rotatable bonds is 7. The van der Waals surface area contributed by atoms with E-state index >= 15 is 0 Å². The molecule has 3 aromatic carbocycles. The molecule has 0 saturated heterocycles. The Kier molecular flexibility index (Phi) is 6.80. The lowest BCUT2D eigenvalue weighted by atomic mass is 9.85. The number of Topliss-reactive ketones (excluding diaryl/α,β-unsaturated/α-hetero) is 1. The van der Waals surface area contributed by atoms with Crippen LogP contribution >= 0.6 is 0 Å². The highest BCUT2D eigenvalue weighted by Gasteiger charge is 2.21. The Morgan fingerprint density at radius 1 is 0.931 bits per heavy atom. The van der Waals surface area contributed by atoms with Gasteiger partial charge in [0.1, 0.15) is 12.4 Å². The van der Waals surface area contributed by atoms with E-state index in [1.54, 1.807) is 6.92 Å². The molecule has 1 N–H and O–H groups in total. The van der Waals surface area contributed by atoms with Crippen LogP contribution in [0.25, 0.3) is 0 Å². The fraction of sp³-hybridized carbons (Fsp3) is 0.200. The number of nitrogens with one attached hydrogen (secondary N) is 1. The van der Waals surface area contributed by atoms with Crippen molar-refractivity contribution in [2.45, 2.75) is 32.8 Å². The molecule has 148 valence electrons. The summed E-state index contributed by atoms with van der Waals surface area (Å²) in [5.41, 5.74) is 4.58. The number of hydrogen-bond donors (Lipinski definition) is 1. The number of ether oxygens (including phenoxy) is 1. The Bertz CT molecular complexity index is 968. The molecular weight excluding hydrogens is 362 g/mol. The van der Waals surface area contributed by atoms with Crippen molar-refractivity contribution in [3.8, 4) is 0 Å². The maximum atomic E-state index is 12.4. The van der Waals surface area contributed by atoms with Crippen molar-refractivity contribution >= 4 is 17.6 Å². The summed E-state index contributed by atoms with van der Waals surface area (Å²) in [5.74, 6) is -0.0454. The predicted octanol–water partition coefficient (Wildman–Crippen LogP) is 5.85. The largest absolute Gasteiger partial charge is 0.444 e. The summed E-state index contributed by atoms with van der Waals surface area (Å²) in [7, 11) is 0. The Morgan fingerprint density at radius 2 is 1.59 bits per heavy atom. The van der Waals surface area contributed by atoms with E-state index in [1.165, 1.54) is 0 Å². The first kappa shape index (κ1) is 20.3. The average molecular weight is 387 g/mol. The molecule has 0 saturated carbocycles. The van der Waals surface area contributed by atoms with Gasteiger partial charge in [0.25, 0.3) is 0 Å². The van der Waals surface area contributed by atoms with Crippen LogP contribution in [0.15, 0.2) is 78.9 Å². The van der Waals surface area contributed by atoms with E-state index in [4.69, 9.17) is 4.74 Å². The molecule has 0 spiro atoms. The molecule has 1 amide bonds. The lowest BCUT2D eigenvalue weighted by Gasteiger charge is -2.21. The summed E-state index contributed by atoms with van der Waals surface area (Å²) in [6.45, 7) is 3.78. The van der Waals surface area contributed by atoms with Gasteiger partial charge in [-0.15, -0.1) is 0 Å². The van der Waals surface area contributed by atoms with E-state index in [2.05, 4.69) is 5.32 Å². The fourth-order valence-electron chi connectivity index (χ4n) is 3.33. The van der Waals surface area contributed by atoms with Gasteiger partial charge in [-0.05, 0) is 36.6 Å². The van der Waals surface area contributed by atoms with Crippen LogP contribution in [0.3, 0.4) is 0 Å². The third-order valence-corrected chi connectivity index (χ3v) is 4.73. The lowest BCUT2D eigenvalue weighted by molar-refractivity contribution is -0.117. The maximum absolute atomic E-state index is 12.4. The van der Waals surface area contributed by atoms with Gasteiger partial charge in [0, 0.05) is 18.0 Å². The molecule has 0 radical (unpaired) electrons. The summed E-state index contributed by atoms with van der Waals surface area (Å²) in [5, 5.41) is 2.86. The normalized spacial score (nSPS) is 11.5. The van der Waals surface area contributed by atoms with Crippen LogP contribution in [0.2, 0.25) is 0 Å². The van der Waals surface area contributed by atoms with Crippen LogP contribution in [0.5, 0.6) is 0 Å². The van der Waals surface area contributed by atoms with Gasteiger partial charge in [-0.3, -0.25) is 10.1 Å². The van der Waals surface area contributed by atoms with Crippen LogP contribution in [-0.4, -0.2) is 11.9 Å². The molecule has 0 fully saturated rings. The number of carbonyl (C=O) groups is 2. The van der Waals surface area contributed by atoms with E-state index in [1.807, 2.05) is 85.8 Å². The minimum Gasteiger partial charge on any atom is -0.444 e. The molecule has 0 aromatic heterocycles. The number of anilines is 1. The molecule has 4 nitrogen and oxygen atoms in total. The predicted molar refractivity (Wildman–Crippen MR) is 115 cm³/mol. The zero-order valence-corrected chi connectivity index (χ0v) is 16.7. The second-order valence-corrected chi connectivity index (χ2v) is 7.15. The van der Waals surface area contributed by atoms with Crippen LogP contribution in [0, 0.1) is 6.92 Å². The van der Waals surface area contributed by atoms with Gasteiger partial charge in [0.15, 0.2) is 0 Å². The quantitative estimate of drug-likeness (QED) is 0.553. The Morgan fingerprint density at radius 3 is 2.24 bits per heavy atom. The first-order chi connectivity index (χ1) is 14.0. The van der Waals surface area contributed by atoms with Crippen molar-refractivity contribution in [2.75, 3.05) is 5.32 Å². The van der Waals surface area contributed by atoms with Gasteiger partial charge in [0.2, 0.25) is 0 Å². The smallest absolute Gasteiger partial charge is 0.411 e. The number of aryl methyl sites for hydroxylation is 1. The van der Waals surface area contributed by atoms with Crippen LogP contribution < -0.4 is 5.32 Å². The summed E-state index contributed by atoms with van der Waals surface area (Å²) in [6.07, 6.45) is -0.158. The minimum absolute atomic E-state index is 0.0953. The van der Waals surface area contributed by atoms with E-state index in [-0.39, 0.29) is 18.3 Å². The van der Waals surface area contributed by atoms with Gasteiger partial charge in [0.05, 0.1) is 0 Å². The molecule has 3 aromatic rings. The summed E-state index contributed by atoms with van der Waals surface area (Å²) >= 11 is 0. The summed E-state index contributed by atoms with van der Waals surface area (Å²) < 4.78 is 5.37. The Labute approximate surface area is 171 Å². The molecule has 1 unspecified atom stereocenters. The van der Waals surface area contributed by atoms with Gasteiger partial charge >= 0.3 is 6.09 Å². The molecule has 0 aliphatic heterocycles. The van der Waals surface area contributed by atoms with Gasteiger partial charge in [-0.2, -0.15) is 0 Å². The zero-order chi connectivity index (χ0) is 20.6. The molecule has 0 aliphatic rings. The minimum atomic E-state index is -0.520. The second kappa shape index (κ2) is 9.69. The van der Waals surface area contributed by atoms with Crippen molar-refractivity contribution in [3.05, 3.63) is 101 Å². The third-order valence-electron chi connectivity index (χ3n) is 4.73.